The number of rotatable bonds is 7. The second-order valence-corrected chi connectivity index (χ2v) is 10.4. The minimum Gasteiger partial charge on any atom is -0.381 e. The number of H-pyrrole nitrogens is 1. The average Bonchev–Trinajstić information content (AvgIpc) is 3.18. The molecular formula is C27H25F5N6O3. The molecule has 14 heteroatoms. The van der Waals surface area contributed by atoms with Gasteiger partial charge in [-0.25, -0.2) is 23.8 Å². The molecule has 0 radical (unpaired) electrons. The molecule has 9 nitrogen and oxygen atoms in total. The van der Waals surface area contributed by atoms with Gasteiger partial charge in [0, 0.05) is 30.4 Å². The Bertz CT molecular complexity index is 1750. The summed E-state index contributed by atoms with van der Waals surface area (Å²) in [4.78, 5) is 33.4. The number of halogens is 5. The molecule has 2 N–H and O–H groups in total. The fraction of sp³-hybridized carbons (Fsp3) is 0.370. The number of hydrogen-bond acceptors (Lipinski definition) is 7. The lowest BCUT2D eigenvalue weighted by Crippen LogP contribution is -2.30. The van der Waals surface area contributed by atoms with Gasteiger partial charge in [-0.1, -0.05) is 0 Å². The minimum atomic E-state index is -4.95. The summed E-state index contributed by atoms with van der Waals surface area (Å²) in [5.74, 6) is -0.588. The predicted molar refractivity (Wildman–Crippen MR) is 139 cm³/mol. The number of aromatic amines is 1. The van der Waals surface area contributed by atoms with E-state index in [2.05, 4.69) is 20.4 Å². The van der Waals surface area contributed by atoms with Crippen molar-refractivity contribution in [1.82, 2.24) is 24.7 Å². The smallest absolute Gasteiger partial charge is 0.381 e. The normalized spacial score (nSPS) is 16.0. The Balaban J connectivity index is 1.34. The van der Waals surface area contributed by atoms with E-state index in [1.807, 2.05) is 13.8 Å². The van der Waals surface area contributed by atoms with Gasteiger partial charge in [0.05, 0.1) is 47.3 Å². The van der Waals surface area contributed by atoms with E-state index >= 15 is 4.39 Å². The summed E-state index contributed by atoms with van der Waals surface area (Å²) >= 11 is 0. The summed E-state index contributed by atoms with van der Waals surface area (Å²) in [6.45, 7) is 5.04. The quantitative estimate of drug-likeness (QED) is 0.307. The van der Waals surface area contributed by atoms with Crippen molar-refractivity contribution in [3.05, 3.63) is 80.1 Å². The third-order valence-corrected chi connectivity index (χ3v) is 6.94. The number of aromatic nitrogens is 5. The van der Waals surface area contributed by atoms with Crippen molar-refractivity contribution in [3.63, 3.8) is 0 Å². The Labute approximate surface area is 229 Å². The highest BCUT2D eigenvalue weighted by atomic mass is 19.4. The van der Waals surface area contributed by atoms with Crippen LogP contribution >= 0.6 is 0 Å². The number of ether oxygens (including phenoxy) is 1. The maximum atomic E-state index is 15.2. The molecular weight excluding hydrogens is 551 g/mol. The van der Waals surface area contributed by atoms with E-state index in [0.717, 1.165) is 22.4 Å². The lowest BCUT2D eigenvalue weighted by Gasteiger charge is -2.20. The standard InChI is InChI=1S/C27H25F5N6O3/c1-13(35-20-10-34-37-24(39)22(20)27(30,31)32)6-15(28)11-38-5-4-14-7-17(19(29)8-16(14)25(38)40)23-33-9-18-21(36-23)12-41-26(18,2)3/h4-5,7-10,13,15H,6,11-12H2,1-3H3,(H2,35,37,39)/t13-,15+/m0/s1. The van der Waals surface area contributed by atoms with Crippen LogP contribution in [0.2, 0.25) is 0 Å². The Hall–Kier alpha value is -4.20. The van der Waals surface area contributed by atoms with Crippen molar-refractivity contribution in [2.75, 3.05) is 5.32 Å². The molecule has 0 bridgehead atoms. The van der Waals surface area contributed by atoms with Crippen LogP contribution in [0.3, 0.4) is 0 Å². The third-order valence-electron chi connectivity index (χ3n) is 6.94. The molecule has 0 saturated carbocycles. The van der Waals surface area contributed by atoms with Crippen molar-refractivity contribution in [2.24, 2.45) is 0 Å². The van der Waals surface area contributed by atoms with Gasteiger partial charge in [-0.05, 0) is 44.4 Å². The molecule has 3 aromatic heterocycles. The number of fused-ring (bicyclic) bond motifs is 2. The fourth-order valence-corrected chi connectivity index (χ4v) is 4.89. The predicted octanol–water partition coefficient (Wildman–Crippen LogP) is 4.69. The molecule has 5 rings (SSSR count). The van der Waals surface area contributed by atoms with Crippen LogP contribution in [0.25, 0.3) is 22.2 Å². The monoisotopic (exact) mass is 576 g/mol. The van der Waals surface area contributed by atoms with E-state index in [9.17, 15) is 27.2 Å². The SMILES string of the molecule is C[C@@H](C[C@@H](F)Cn1ccc2cc(-c3ncc4c(n3)COC4(C)C)c(F)cc2c1=O)Nc1cn[nH]c(=O)c1C(F)(F)F. The molecule has 0 saturated heterocycles. The Morgan fingerprint density at radius 3 is 2.71 bits per heavy atom. The molecule has 1 aromatic carbocycles. The largest absolute Gasteiger partial charge is 0.423 e. The first kappa shape index (κ1) is 28.3. The van der Waals surface area contributed by atoms with Gasteiger partial charge in [-0.2, -0.15) is 18.3 Å². The topological polar surface area (TPSA) is 115 Å². The molecule has 0 aliphatic carbocycles. The summed E-state index contributed by atoms with van der Waals surface area (Å²) in [6, 6.07) is 3.18. The maximum Gasteiger partial charge on any atom is 0.423 e. The zero-order chi connectivity index (χ0) is 29.7. The van der Waals surface area contributed by atoms with Crippen molar-refractivity contribution in [2.45, 2.75) is 64.3 Å². The number of alkyl halides is 4. The number of benzene rings is 1. The first-order valence-corrected chi connectivity index (χ1v) is 12.6. The van der Waals surface area contributed by atoms with E-state index < -0.39 is 58.7 Å². The van der Waals surface area contributed by atoms with Crippen LogP contribution in [-0.4, -0.2) is 36.9 Å². The lowest BCUT2D eigenvalue weighted by atomic mass is 10.0. The first-order valence-electron chi connectivity index (χ1n) is 12.6. The molecule has 4 aromatic rings. The van der Waals surface area contributed by atoms with Gasteiger partial charge in [-0.15, -0.1) is 0 Å². The fourth-order valence-electron chi connectivity index (χ4n) is 4.89. The summed E-state index contributed by atoms with van der Waals surface area (Å²) in [6.07, 6.45) is -3.14. The van der Waals surface area contributed by atoms with Crippen LogP contribution in [0.4, 0.5) is 27.6 Å². The van der Waals surface area contributed by atoms with Gasteiger partial charge >= 0.3 is 6.18 Å². The molecule has 41 heavy (non-hydrogen) atoms. The molecule has 1 aliphatic heterocycles. The number of nitrogens with zero attached hydrogens (tertiary/aromatic N) is 4. The highest BCUT2D eigenvalue weighted by Gasteiger charge is 2.38. The van der Waals surface area contributed by atoms with Crippen LogP contribution in [-0.2, 0) is 29.7 Å². The summed E-state index contributed by atoms with van der Waals surface area (Å²) in [5, 5.41) is 7.98. The van der Waals surface area contributed by atoms with E-state index in [-0.39, 0.29) is 29.8 Å². The molecule has 0 unspecified atom stereocenters. The molecule has 1 aliphatic rings. The highest BCUT2D eigenvalue weighted by molar-refractivity contribution is 5.86. The number of hydrogen-bond donors (Lipinski definition) is 2. The molecule has 0 fully saturated rings. The van der Waals surface area contributed by atoms with Crippen LogP contribution in [0.1, 0.15) is 44.0 Å². The van der Waals surface area contributed by atoms with Gasteiger partial charge in [0.25, 0.3) is 11.1 Å². The van der Waals surface area contributed by atoms with Crippen LogP contribution in [0.5, 0.6) is 0 Å². The van der Waals surface area contributed by atoms with Crippen molar-refractivity contribution in [1.29, 1.82) is 0 Å². The molecule has 4 heterocycles. The zero-order valence-electron chi connectivity index (χ0n) is 22.1. The van der Waals surface area contributed by atoms with Crippen molar-refractivity contribution < 1.29 is 26.7 Å². The Kier molecular flexibility index (Phi) is 7.14. The van der Waals surface area contributed by atoms with E-state index in [4.69, 9.17) is 4.74 Å². The van der Waals surface area contributed by atoms with Crippen molar-refractivity contribution >= 4 is 16.5 Å². The highest BCUT2D eigenvalue weighted by Crippen LogP contribution is 2.36. The van der Waals surface area contributed by atoms with E-state index in [1.54, 1.807) is 11.3 Å². The van der Waals surface area contributed by atoms with Crippen LogP contribution < -0.4 is 16.4 Å². The lowest BCUT2D eigenvalue weighted by molar-refractivity contribution is -0.138. The second-order valence-electron chi connectivity index (χ2n) is 10.4. The van der Waals surface area contributed by atoms with Gasteiger partial charge < -0.3 is 14.6 Å². The summed E-state index contributed by atoms with van der Waals surface area (Å²) < 4.78 is 76.7. The minimum absolute atomic E-state index is 0.0159. The van der Waals surface area contributed by atoms with Gasteiger partial charge in [-0.3, -0.25) is 9.59 Å². The summed E-state index contributed by atoms with van der Waals surface area (Å²) in [7, 11) is 0. The third kappa shape index (κ3) is 5.56. The molecule has 2 atom stereocenters. The van der Waals surface area contributed by atoms with Crippen LogP contribution in [0, 0.1) is 5.82 Å². The molecule has 216 valence electrons. The van der Waals surface area contributed by atoms with Gasteiger partial charge in [0.1, 0.15) is 17.6 Å². The Morgan fingerprint density at radius 2 is 1.98 bits per heavy atom. The summed E-state index contributed by atoms with van der Waals surface area (Å²) in [5.41, 5.74) is -3.11. The van der Waals surface area contributed by atoms with Crippen LogP contribution in [0.15, 0.2) is 46.4 Å². The first-order chi connectivity index (χ1) is 19.2. The molecule has 0 amide bonds. The Morgan fingerprint density at radius 1 is 1.22 bits per heavy atom. The van der Waals surface area contributed by atoms with Crippen molar-refractivity contribution in [3.8, 4) is 11.4 Å². The number of nitrogens with one attached hydrogen (secondary N) is 2. The van der Waals surface area contributed by atoms with Gasteiger partial charge in [0.2, 0.25) is 0 Å². The second kappa shape index (κ2) is 10.3. The van der Waals surface area contributed by atoms with E-state index in [1.165, 1.54) is 25.3 Å². The molecule has 0 spiro atoms. The van der Waals surface area contributed by atoms with Gasteiger partial charge in [0.15, 0.2) is 5.82 Å². The number of pyridine rings is 1. The maximum absolute atomic E-state index is 15.2. The number of anilines is 1. The zero-order valence-corrected chi connectivity index (χ0v) is 22.1. The van der Waals surface area contributed by atoms with E-state index in [0.29, 0.717) is 11.1 Å². The average molecular weight is 577 g/mol.